The number of halogens is 2. The fourth-order valence-electron chi connectivity index (χ4n) is 5.48. The van der Waals surface area contributed by atoms with E-state index in [9.17, 15) is 4.79 Å². The van der Waals surface area contributed by atoms with E-state index < -0.39 is 12.0 Å². The van der Waals surface area contributed by atoms with Crippen LogP contribution >= 0.6 is 0 Å². The molecule has 150 valence electrons. The van der Waals surface area contributed by atoms with E-state index in [0.717, 1.165) is 38.8 Å². The highest BCUT2D eigenvalue weighted by atomic mass is 19.3. The molecular formula is C21H36F2N2O. The third-order valence-corrected chi connectivity index (χ3v) is 6.91. The van der Waals surface area contributed by atoms with Crippen molar-refractivity contribution in [3.05, 3.63) is 0 Å². The zero-order chi connectivity index (χ0) is 19.1. The number of carbonyl (C=O) groups is 1. The summed E-state index contributed by atoms with van der Waals surface area (Å²) < 4.78 is 30.0. The zero-order valence-electron chi connectivity index (χ0n) is 16.9. The molecule has 2 saturated heterocycles. The van der Waals surface area contributed by atoms with Crippen LogP contribution in [0.2, 0.25) is 0 Å². The van der Waals surface area contributed by atoms with Crippen molar-refractivity contribution in [3.8, 4) is 0 Å². The highest BCUT2D eigenvalue weighted by Gasteiger charge is 2.55. The summed E-state index contributed by atoms with van der Waals surface area (Å²) in [7, 11) is 0. The highest BCUT2D eigenvalue weighted by Crippen LogP contribution is 2.52. The van der Waals surface area contributed by atoms with Gasteiger partial charge in [0.2, 0.25) is 5.91 Å². The summed E-state index contributed by atoms with van der Waals surface area (Å²) >= 11 is 0. The number of piperidine rings is 1. The summed E-state index contributed by atoms with van der Waals surface area (Å²) in [5, 5.41) is 0. The van der Waals surface area contributed by atoms with Gasteiger partial charge in [0.15, 0.2) is 0 Å². The molecule has 1 amide bonds. The standard InChI is InChI=1S/C21H36F2N2O/c1-15(2)11-17-12-25(13-17)18-5-6-20(14-21(18,22)23)7-9-24(10-8-20)19(26)16(3)4/h15-18H,5-14H2,1-4H3. The van der Waals surface area contributed by atoms with Gasteiger partial charge in [0, 0.05) is 38.5 Å². The van der Waals surface area contributed by atoms with Crippen LogP contribution in [0.25, 0.3) is 0 Å². The molecule has 0 N–H and O–H groups in total. The molecule has 0 radical (unpaired) electrons. The molecule has 26 heavy (non-hydrogen) atoms. The van der Waals surface area contributed by atoms with Crippen molar-refractivity contribution in [2.24, 2.45) is 23.2 Å². The predicted molar refractivity (Wildman–Crippen MR) is 100 cm³/mol. The lowest BCUT2D eigenvalue weighted by Crippen LogP contribution is -2.62. The second-order valence-electron chi connectivity index (χ2n) is 9.92. The SMILES string of the molecule is CC(C)CC1CN(C2CCC3(CCN(C(=O)C(C)C)CC3)CC2(F)F)C1. The first-order valence-electron chi connectivity index (χ1n) is 10.5. The Kier molecular flexibility index (Phi) is 5.68. The van der Waals surface area contributed by atoms with E-state index >= 15 is 8.78 Å². The van der Waals surface area contributed by atoms with Gasteiger partial charge in [0.05, 0.1) is 6.04 Å². The van der Waals surface area contributed by atoms with Gasteiger partial charge in [0.1, 0.15) is 0 Å². The average Bonchev–Trinajstić information content (AvgIpc) is 2.50. The minimum Gasteiger partial charge on any atom is -0.342 e. The number of amides is 1. The molecule has 0 aromatic rings. The van der Waals surface area contributed by atoms with Gasteiger partial charge in [-0.15, -0.1) is 0 Å². The molecule has 1 unspecified atom stereocenters. The number of rotatable bonds is 4. The Balaban J connectivity index is 1.54. The van der Waals surface area contributed by atoms with Crippen LogP contribution in [0.15, 0.2) is 0 Å². The predicted octanol–water partition coefficient (Wildman–Crippen LogP) is 4.42. The van der Waals surface area contributed by atoms with E-state index in [0.29, 0.717) is 31.3 Å². The van der Waals surface area contributed by atoms with Gasteiger partial charge in [-0.05, 0) is 49.4 Å². The van der Waals surface area contributed by atoms with Crippen LogP contribution in [-0.4, -0.2) is 53.9 Å². The topological polar surface area (TPSA) is 23.6 Å². The van der Waals surface area contributed by atoms with E-state index in [1.54, 1.807) is 0 Å². The van der Waals surface area contributed by atoms with Crippen LogP contribution in [-0.2, 0) is 4.79 Å². The van der Waals surface area contributed by atoms with E-state index in [1.165, 1.54) is 0 Å². The minimum absolute atomic E-state index is 0.00794. The summed E-state index contributed by atoms with van der Waals surface area (Å²) in [5.74, 6) is -1.18. The van der Waals surface area contributed by atoms with E-state index in [-0.39, 0.29) is 23.7 Å². The van der Waals surface area contributed by atoms with Gasteiger partial charge < -0.3 is 4.90 Å². The van der Waals surface area contributed by atoms with Crippen LogP contribution < -0.4 is 0 Å². The van der Waals surface area contributed by atoms with Crippen molar-refractivity contribution in [2.45, 2.75) is 78.2 Å². The number of carbonyl (C=O) groups excluding carboxylic acids is 1. The number of hydrogen-bond donors (Lipinski definition) is 0. The normalized spacial score (nSPS) is 29.4. The Labute approximate surface area is 157 Å². The van der Waals surface area contributed by atoms with Crippen LogP contribution in [0.1, 0.15) is 66.2 Å². The first-order chi connectivity index (χ1) is 12.1. The van der Waals surface area contributed by atoms with Crippen LogP contribution in [0.5, 0.6) is 0 Å². The van der Waals surface area contributed by atoms with E-state index in [4.69, 9.17) is 0 Å². The third-order valence-electron chi connectivity index (χ3n) is 6.91. The van der Waals surface area contributed by atoms with Crippen molar-refractivity contribution >= 4 is 5.91 Å². The first kappa shape index (κ1) is 20.0. The Bertz CT molecular complexity index is 506. The molecule has 1 spiro atoms. The van der Waals surface area contributed by atoms with Gasteiger partial charge in [-0.2, -0.15) is 0 Å². The molecule has 3 nitrogen and oxygen atoms in total. The summed E-state index contributed by atoms with van der Waals surface area (Å²) in [5.41, 5.74) is -0.254. The number of hydrogen-bond acceptors (Lipinski definition) is 2. The van der Waals surface area contributed by atoms with Gasteiger partial charge in [-0.3, -0.25) is 9.69 Å². The molecule has 3 aliphatic rings. The summed E-state index contributed by atoms with van der Waals surface area (Å²) in [6.45, 7) is 11.2. The van der Waals surface area contributed by atoms with Gasteiger partial charge in [-0.1, -0.05) is 27.7 Å². The Morgan fingerprint density at radius 1 is 1.08 bits per heavy atom. The highest BCUT2D eigenvalue weighted by molar-refractivity contribution is 5.78. The molecule has 3 rings (SSSR count). The van der Waals surface area contributed by atoms with Gasteiger partial charge in [0.25, 0.3) is 5.92 Å². The van der Waals surface area contributed by atoms with Crippen molar-refractivity contribution in [1.82, 2.24) is 9.80 Å². The Morgan fingerprint density at radius 2 is 1.69 bits per heavy atom. The van der Waals surface area contributed by atoms with E-state index in [1.807, 2.05) is 23.6 Å². The summed E-state index contributed by atoms with van der Waals surface area (Å²) in [6.07, 6.45) is 4.15. The lowest BCUT2D eigenvalue weighted by molar-refractivity contribution is -0.172. The van der Waals surface area contributed by atoms with Crippen molar-refractivity contribution in [1.29, 1.82) is 0 Å². The number of nitrogens with zero attached hydrogens (tertiary/aromatic N) is 2. The number of alkyl halides is 2. The average molecular weight is 371 g/mol. The largest absolute Gasteiger partial charge is 0.342 e. The van der Waals surface area contributed by atoms with Crippen LogP contribution in [0.4, 0.5) is 8.78 Å². The fraction of sp³-hybridized carbons (Fsp3) is 0.952. The zero-order valence-corrected chi connectivity index (χ0v) is 16.9. The summed E-state index contributed by atoms with van der Waals surface area (Å²) in [4.78, 5) is 16.1. The molecule has 3 fully saturated rings. The quantitative estimate of drug-likeness (QED) is 0.731. The fourth-order valence-corrected chi connectivity index (χ4v) is 5.48. The lowest BCUT2D eigenvalue weighted by atomic mass is 9.64. The van der Waals surface area contributed by atoms with Crippen molar-refractivity contribution < 1.29 is 13.6 Å². The maximum atomic E-state index is 15.0. The number of likely N-dealkylation sites (tertiary alicyclic amines) is 2. The van der Waals surface area contributed by atoms with E-state index in [2.05, 4.69) is 13.8 Å². The molecule has 1 aliphatic carbocycles. The molecule has 0 aromatic carbocycles. The second-order valence-corrected chi connectivity index (χ2v) is 9.92. The molecule has 2 aliphatic heterocycles. The molecule has 1 atom stereocenters. The first-order valence-corrected chi connectivity index (χ1v) is 10.5. The minimum atomic E-state index is -2.59. The van der Waals surface area contributed by atoms with Gasteiger partial charge in [-0.25, -0.2) is 8.78 Å². The molecule has 2 heterocycles. The molecular weight excluding hydrogens is 334 g/mol. The van der Waals surface area contributed by atoms with Crippen LogP contribution in [0.3, 0.4) is 0 Å². The maximum Gasteiger partial charge on any atom is 0.263 e. The monoisotopic (exact) mass is 370 g/mol. The van der Waals surface area contributed by atoms with Crippen molar-refractivity contribution in [2.75, 3.05) is 26.2 Å². The second kappa shape index (κ2) is 7.37. The molecule has 5 heteroatoms. The Hall–Kier alpha value is -0.710. The Morgan fingerprint density at radius 3 is 2.19 bits per heavy atom. The molecule has 0 aromatic heterocycles. The van der Waals surface area contributed by atoms with Crippen molar-refractivity contribution in [3.63, 3.8) is 0 Å². The maximum absolute atomic E-state index is 15.0. The lowest BCUT2D eigenvalue weighted by Gasteiger charge is -2.54. The summed E-state index contributed by atoms with van der Waals surface area (Å²) in [6, 6.07) is -0.563. The molecule has 1 saturated carbocycles. The smallest absolute Gasteiger partial charge is 0.263 e. The van der Waals surface area contributed by atoms with Gasteiger partial charge >= 0.3 is 0 Å². The van der Waals surface area contributed by atoms with Crippen LogP contribution in [0, 0.1) is 23.2 Å². The third kappa shape index (κ3) is 4.07. The molecule has 0 bridgehead atoms.